The van der Waals surface area contributed by atoms with Crippen LogP contribution in [0.25, 0.3) is 0 Å². The van der Waals surface area contributed by atoms with Crippen LogP contribution in [0.3, 0.4) is 0 Å². The monoisotopic (exact) mass is 434 g/mol. The Hall–Kier alpha value is -3.38. The molecule has 3 rings (SSSR count). The molecule has 5 nitrogen and oxygen atoms in total. The third kappa shape index (κ3) is 7.12. The third-order valence-electron chi connectivity index (χ3n) is 4.60. The molecular weight excluding hydrogens is 408 g/mol. The minimum Gasteiger partial charge on any atom is -0.490 e. The van der Waals surface area contributed by atoms with Gasteiger partial charge in [0, 0.05) is 5.56 Å². The summed E-state index contributed by atoms with van der Waals surface area (Å²) in [6.07, 6.45) is 0.842. The largest absolute Gasteiger partial charge is 0.490 e. The van der Waals surface area contributed by atoms with Crippen molar-refractivity contribution in [3.8, 4) is 11.5 Å². The summed E-state index contributed by atoms with van der Waals surface area (Å²) in [6, 6.07) is 26.6. The maximum absolute atomic E-state index is 12.6. The van der Waals surface area contributed by atoms with Crippen molar-refractivity contribution in [1.29, 1.82) is 0 Å². The van der Waals surface area contributed by atoms with Gasteiger partial charge in [-0.05, 0) is 54.5 Å². The highest BCUT2D eigenvalue weighted by Crippen LogP contribution is 2.16. The molecule has 160 valence electrons. The summed E-state index contributed by atoms with van der Waals surface area (Å²) >= 11 is 5.35. The van der Waals surface area contributed by atoms with Gasteiger partial charge in [-0.2, -0.15) is 0 Å². The van der Waals surface area contributed by atoms with Crippen LogP contribution in [0.15, 0.2) is 84.9 Å². The van der Waals surface area contributed by atoms with Crippen LogP contribution in [0.1, 0.15) is 35.3 Å². The van der Waals surface area contributed by atoms with Crippen LogP contribution in [0.5, 0.6) is 11.5 Å². The Kier molecular flexibility index (Phi) is 8.43. The number of nitrogens with one attached hydrogen (secondary N) is 2. The summed E-state index contributed by atoms with van der Waals surface area (Å²) in [5.74, 6) is 1.10. The van der Waals surface area contributed by atoms with E-state index in [1.54, 1.807) is 24.3 Å². The van der Waals surface area contributed by atoms with Crippen LogP contribution in [0, 0.1) is 0 Å². The van der Waals surface area contributed by atoms with E-state index in [1.165, 1.54) is 0 Å². The smallest absolute Gasteiger partial charge is 0.257 e. The molecule has 0 spiro atoms. The zero-order valence-electron chi connectivity index (χ0n) is 17.4. The lowest BCUT2D eigenvalue weighted by Crippen LogP contribution is -2.40. The number of amides is 1. The molecule has 0 saturated heterocycles. The number of para-hydroxylation sites is 1. The average molecular weight is 435 g/mol. The van der Waals surface area contributed by atoms with Gasteiger partial charge in [0.25, 0.3) is 5.91 Å². The Morgan fingerprint density at radius 3 is 2.16 bits per heavy atom. The summed E-state index contributed by atoms with van der Waals surface area (Å²) in [6.45, 7) is 2.85. The summed E-state index contributed by atoms with van der Waals surface area (Å²) in [7, 11) is 0. The second-order valence-corrected chi connectivity index (χ2v) is 7.25. The van der Waals surface area contributed by atoms with Crippen LogP contribution in [-0.4, -0.2) is 24.2 Å². The first-order valence-electron chi connectivity index (χ1n) is 10.2. The number of carbonyl (C=O) groups excluding carboxylic acids is 1. The number of carbonyl (C=O) groups is 1. The van der Waals surface area contributed by atoms with Gasteiger partial charge in [-0.25, -0.2) is 0 Å². The molecule has 0 aliphatic carbocycles. The van der Waals surface area contributed by atoms with Gasteiger partial charge >= 0.3 is 0 Å². The first-order chi connectivity index (χ1) is 15.2. The van der Waals surface area contributed by atoms with E-state index in [9.17, 15) is 4.79 Å². The molecule has 31 heavy (non-hydrogen) atoms. The lowest BCUT2D eigenvalue weighted by molar-refractivity contribution is 0.0976. The van der Waals surface area contributed by atoms with Gasteiger partial charge in [0.05, 0.1) is 6.04 Å². The van der Waals surface area contributed by atoms with Gasteiger partial charge < -0.3 is 14.8 Å². The summed E-state index contributed by atoms with van der Waals surface area (Å²) < 4.78 is 11.3. The van der Waals surface area contributed by atoms with E-state index in [0.29, 0.717) is 29.6 Å². The molecule has 1 atom stereocenters. The van der Waals surface area contributed by atoms with Crippen LogP contribution in [-0.2, 0) is 0 Å². The van der Waals surface area contributed by atoms with E-state index in [4.69, 9.17) is 21.7 Å². The van der Waals surface area contributed by atoms with Crippen molar-refractivity contribution >= 4 is 23.2 Å². The Labute approximate surface area is 188 Å². The minimum atomic E-state index is -0.286. The first kappa shape index (κ1) is 22.3. The number of rotatable bonds is 9. The molecule has 1 unspecified atom stereocenters. The van der Waals surface area contributed by atoms with E-state index < -0.39 is 0 Å². The van der Waals surface area contributed by atoms with Crippen molar-refractivity contribution in [3.63, 3.8) is 0 Å². The van der Waals surface area contributed by atoms with E-state index in [0.717, 1.165) is 17.7 Å². The lowest BCUT2D eigenvalue weighted by atomic mass is 10.1. The van der Waals surface area contributed by atoms with Crippen LogP contribution in [0.2, 0.25) is 0 Å². The van der Waals surface area contributed by atoms with Gasteiger partial charge in [0.15, 0.2) is 5.11 Å². The number of thiocarbonyl (C=S) groups is 1. The fourth-order valence-electron chi connectivity index (χ4n) is 3.04. The SMILES string of the molecule is CCC(NC(=S)NC(=O)c1cccc(OCCOc2ccccc2)c1)c1ccccc1. The molecule has 1 amide bonds. The Bertz CT molecular complexity index is 980. The highest BCUT2D eigenvalue weighted by atomic mass is 32.1. The first-order valence-corrected chi connectivity index (χ1v) is 10.6. The second kappa shape index (κ2) is 11.7. The van der Waals surface area contributed by atoms with E-state index in [1.807, 2.05) is 60.7 Å². The molecule has 6 heteroatoms. The molecule has 3 aromatic carbocycles. The average Bonchev–Trinajstić information content (AvgIpc) is 2.81. The zero-order chi connectivity index (χ0) is 21.9. The van der Waals surface area contributed by atoms with Crippen LogP contribution < -0.4 is 20.1 Å². The summed E-state index contributed by atoms with van der Waals surface area (Å²) in [4.78, 5) is 12.6. The van der Waals surface area contributed by atoms with Gasteiger partial charge in [0.2, 0.25) is 0 Å². The van der Waals surface area contributed by atoms with Gasteiger partial charge in [0.1, 0.15) is 24.7 Å². The molecule has 0 bridgehead atoms. The summed E-state index contributed by atoms with van der Waals surface area (Å²) in [5.41, 5.74) is 1.59. The Morgan fingerprint density at radius 2 is 1.48 bits per heavy atom. The molecular formula is C25H26N2O3S. The molecule has 3 aromatic rings. The quantitative estimate of drug-likeness (QED) is 0.371. The van der Waals surface area contributed by atoms with Gasteiger partial charge in [-0.3, -0.25) is 10.1 Å². The van der Waals surface area contributed by atoms with Crippen molar-refractivity contribution in [2.75, 3.05) is 13.2 Å². The van der Waals surface area contributed by atoms with Crippen molar-refractivity contribution < 1.29 is 14.3 Å². The van der Waals surface area contributed by atoms with Crippen LogP contribution >= 0.6 is 12.2 Å². The highest BCUT2D eigenvalue weighted by Gasteiger charge is 2.13. The van der Waals surface area contributed by atoms with Crippen molar-refractivity contribution in [2.45, 2.75) is 19.4 Å². The third-order valence-corrected chi connectivity index (χ3v) is 4.82. The number of benzene rings is 3. The molecule has 0 heterocycles. The fourth-order valence-corrected chi connectivity index (χ4v) is 3.27. The van der Waals surface area contributed by atoms with Crippen molar-refractivity contribution in [2.24, 2.45) is 0 Å². The Balaban J connectivity index is 1.49. The molecule has 2 N–H and O–H groups in total. The predicted octanol–water partition coefficient (Wildman–Crippen LogP) is 4.90. The number of hydrogen-bond acceptors (Lipinski definition) is 4. The maximum Gasteiger partial charge on any atom is 0.257 e. The summed E-state index contributed by atoms with van der Waals surface area (Å²) in [5, 5.41) is 6.25. The normalized spacial score (nSPS) is 11.3. The molecule has 0 aromatic heterocycles. The molecule has 0 radical (unpaired) electrons. The van der Waals surface area contributed by atoms with E-state index in [-0.39, 0.29) is 11.9 Å². The van der Waals surface area contributed by atoms with E-state index >= 15 is 0 Å². The van der Waals surface area contributed by atoms with Gasteiger partial charge in [-0.1, -0.05) is 61.5 Å². The standard InChI is InChI=1S/C25H26N2O3S/c1-2-23(19-10-5-3-6-11-19)26-25(31)27-24(28)20-12-9-15-22(18-20)30-17-16-29-21-13-7-4-8-14-21/h3-15,18,23H,2,16-17H2,1H3,(H2,26,27,28,31). The van der Waals surface area contributed by atoms with Gasteiger partial charge in [-0.15, -0.1) is 0 Å². The number of ether oxygens (including phenoxy) is 2. The highest BCUT2D eigenvalue weighted by molar-refractivity contribution is 7.80. The number of hydrogen-bond donors (Lipinski definition) is 2. The zero-order valence-corrected chi connectivity index (χ0v) is 18.2. The molecule has 0 saturated carbocycles. The second-order valence-electron chi connectivity index (χ2n) is 6.84. The molecule has 0 aliphatic rings. The minimum absolute atomic E-state index is 0.0354. The fraction of sp³-hybridized carbons (Fsp3) is 0.200. The maximum atomic E-state index is 12.6. The van der Waals surface area contributed by atoms with Crippen molar-refractivity contribution in [3.05, 3.63) is 96.1 Å². The topological polar surface area (TPSA) is 59.6 Å². The van der Waals surface area contributed by atoms with E-state index in [2.05, 4.69) is 17.6 Å². The predicted molar refractivity (Wildman–Crippen MR) is 127 cm³/mol. The van der Waals surface area contributed by atoms with Crippen LogP contribution in [0.4, 0.5) is 0 Å². The van der Waals surface area contributed by atoms with Crippen molar-refractivity contribution in [1.82, 2.24) is 10.6 Å². The Morgan fingerprint density at radius 1 is 0.871 bits per heavy atom. The molecule has 0 fully saturated rings. The molecule has 0 aliphatic heterocycles. The lowest BCUT2D eigenvalue weighted by Gasteiger charge is -2.19.